The topological polar surface area (TPSA) is 53.3 Å². The van der Waals surface area contributed by atoms with Crippen LogP contribution in [0.2, 0.25) is 0 Å². The van der Waals surface area contributed by atoms with Crippen molar-refractivity contribution in [3.05, 3.63) is 28.0 Å². The second-order valence-corrected chi connectivity index (χ2v) is 4.57. The van der Waals surface area contributed by atoms with Gasteiger partial charge in [0.15, 0.2) is 5.82 Å². The van der Waals surface area contributed by atoms with Gasteiger partial charge in [0.05, 0.1) is 29.3 Å². The summed E-state index contributed by atoms with van der Waals surface area (Å²) in [5, 5.41) is 8.82. The molecular weight excluding hydrogens is 315 g/mol. The van der Waals surface area contributed by atoms with E-state index in [0.29, 0.717) is 18.8 Å². The first-order chi connectivity index (χ1) is 9.04. The standard InChI is InChI=1S/C13H14BrFN2O2/c1-3-17(7-6-11(18)19-2)10-5-4-9(8-16)12(14)13(10)15/h4-5H,3,6-7H2,1-2H3. The average Bonchev–Trinajstić information content (AvgIpc) is 2.43. The maximum Gasteiger partial charge on any atom is 0.307 e. The smallest absolute Gasteiger partial charge is 0.307 e. The van der Waals surface area contributed by atoms with Crippen LogP contribution in [0.15, 0.2) is 16.6 Å². The summed E-state index contributed by atoms with van der Waals surface area (Å²) in [6, 6.07) is 4.99. The molecule has 0 amide bonds. The minimum atomic E-state index is -0.495. The van der Waals surface area contributed by atoms with Crippen molar-refractivity contribution in [3.63, 3.8) is 0 Å². The highest BCUT2D eigenvalue weighted by Gasteiger charge is 2.16. The third-order valence-corrected chi connectivity index (χ3v) is 3.49. The van der Waals surface area contributed by atoms with Crippen molar-refractivity contribution < 1.29 is 13.9 Å². The van der Waals surface area contributed by atoms with Crippen molar-refractivity contribution >= 4 is 27.6 Å². The van der Waals surface area contributed by atoms with Crippen molar-refractivity contribution in [2.24, 2.45) is 0 Å². The first-order valence-corrected chi connectivity index (χ1v) is 6.54. The van der Waals surface area contributed by atoms with Crippen LogP contribution >= 0.6 is 15.9 Å². The maximum absolute atomic E-state index is 14.1. The van der Waals surface area contributed by atoms with Gasteiger partial charge in [0, 0.05) is 13.1 Å². The molecule has 6 heteroatoms. The Morgan fingerprint density at radius 2 is 2.26 bits per heavy atom. The molecular formula is C13H14BrFN2O2. The zero-order chi connectivity index (χ0) is 14.4. The lowest BCUT2D eigenvalue weighted by molar-refractivity contribution is -0.140. The monoisotopic (exact) mass is 328 g/mol. The summed E-state index contributed by atoms with van der Waals surface area (Å²) in [7, 11) is 1.32. The number of methoxy groups -OCH3 is 1. The Morgan fingerprint density at radius 1 is 1.58 bits per heavy atom. The van der Waals surface area contributed by atoms with Crippen LogP contribution in [0.1, 0.15) is 18.9 Å². The summed E-state index contributed by atoms with van der Waals surface area (Å²) in [4.78, 5) is 12.8. The van der Waals surface area contributed by atoms with Gasteiger partial charge >= 0.3 is 5.97 Å². The number of carbonyl (C=O) groups is 1. The minimum Gasteiger partial charge on any atom is -0.469 e. The van der Waals surface area contributed by atoms with E-state index in [0.717, 1.165) is 0 Å². The molecule has 0 radical (unpaired) electrons. The molecule has 0 fully saturated rings. The Balaban J connectivity index is 2.97. The summed E-state index contributed by atoms with van der Waals surface area (Å²) in [5.41, 5.74) is 0.600. The van der Waals surface area contributed by atoms with E-state index in [4.69, 9.17) is 5.26 Å². The SMILES string of the molecule is CCN(CCC(=O)OC)c1ccc(C#N)c(Br)c1F. The molecule has 19 heavy (non-hydrogen) atoms. The predicted octanol–water partition coefficient (Wildman–Crippen LogP) is 2.85. The molecule has 0 N–H and O–H groups in total. The van der Waals surface area contributed by atoms with Gasteiger partial charge < -0.3 is 9.64 Å². The summed E-state index contributed by atoms with van der Waals surface area (Å²) in [6.45, 7) is 2.77. The van der Waals surface area contributed by atoms with E-state index >= 15 is 0 Å². The molecule has 1 aromatic carbocycles. The molecule has 0 atom stereocenters. The van der Waals surface area contributed by atoms with E-state index < -0.39 is 5.82 Å². The Hall–Kier alpha value is -1.61. The average molecular weight is 329 g/mol. The fourth-order valence-corrected chi connectivity index (χ4v) is 2.07. The zero-order valence-corrected chi connectivity index (χ0v) is 12.3. The summed E-state index contributed by atoms with van der Waals surface area (Å²) >= 11 is 3.07. The Bertz CT molecular complexity index is 514. The fourth-order valence-electron chi connectivity index (χ4n) is 1.65. The molecule has 0 heterocycles. The third-order valence-electron chi connectivity index (χ3n) is 2.72. The summed E-state index contributed by atoms with van der Waals surface area (Å²) in [6.07, 6.45) is 0.182. The summed E-state index contributed by atoms with van der Waals surface area (Å²) in [5.74, 6) is -0.836. The number of nitrogens with zero attached hydrogens (tertiary/aromatic N) is 2. The van der Waals surface area contributed by atoms with Gasteiger partial charge in [-0.3, -0.25) is 4.79 Å². The molecule has 0 aliphatic heterocycles. The largest absolute Gasteiger partial charge is 0.469 e. The van der Waals surface area contributed by atoms with E-state index in [9.17, 15) is 9.18 Å². The van der Waals surface area contributed by atoms with Gasteiger partial charge in [0.1, 0.15) is 6.07 Å². The maximum atomic E-state index is 14.1. The van der Waals surface area contributed by atoms with E-state index in [-0.39, 0.29) is 22.4 Å². The summed E-state index contributed by atoms with van der Waals surface area (Å²) < 4.78 is 18.8. The number of halogens is 2. The van der Waals surface area contributed by atoms with Crippen LogP contribution in [0.3, 0.4) is 0 Å². The van der Waals surface area contributed by atoms with Crippen LogP contribution in [0.25, 0.3) is 0 Å². The van der Waals surface area contributed by atoms with Crippen LogP contribution in [0.4, 0.5) is 10.1 Å². The second-order valence-electron chi connectivity index (χ2n) is 3.78. The van der Waals surface area contributed by atoms with Crippen molar-refractivity contribution in [1.82, 2.24) is 0 Å². The van der Waals surface area contributed by atoms with E-state index in [1.54, 1.807) is 17.0 Å². The molecule has 0 aliphatic rings. The molecule has 0 spiro atoms. The lowest BCUT2D eigenvalue weighted by Gasteiger charge is -2.23. The van der Waals surface area contributed by atoms with Crippen LogP contribution in [-0.4, -0.2) is 26.2 Å². The van der Waals surface area contributed by atoms with Gasteiger partial charge in [-0.2, -0.15) is 5.26 Å². The number of hydrogen-bond donors (Lipinski definition) is 0. The minimum absolute atomic E-state index is 0.143. The van der Waals surface area contributed by atoms with Crippen molar-refractivity contribution in [2.45, 2.75) is 13.3 Å². The van der Waals surface area contributed by atoms with Crippen molar-refractivity contribution in [1.29, 1.82) is 5.26 Å². The lowest BCUT2D eigenvalue weighted by atomic mass is 10.2. The zero-order valence-electron chi connectivity index (χ0n) is 10.7. The number of nitriles is 1. The van der Waals surface area contributed by atoms with Crippen molar-refractivity contribution in [2.75, 3.05) is 25.1 Å². The van der Waals surface area contributed by atoms with E-state index in [1.807, 2.05) is 13.0 Å². The Morgan fingerprint density at radius 3 is 2.79 bits per heavy atom. The molecule has 0 saturated carbocycles. The molecule has 0 aliphatic carbocycles. The first kappa shape index (κ1) is 15.4. The van der Waals surface area contributed by atoms with Gasteiger partial charge in [-0.25, -0.2) is 4.39 Å². The number of benzene rings is 1. The van der Waals surface area contributed by atoms with Crippen molar-refractivity contribution in [3.8, 4) is 6.07 Å². The van der Waals surface area contributed by atoms with Crippen LogP contribution in [0.5, 0.6) is 0 Å². The van der Waals surface area contributed by atoms with E-state index in [1.165, 1.54) is 7.11 Å². The number of ether oxygens (including phenoxy) is 1. The number of anilines is 1. The number of carbonyl (C=O) groups excluding carboxylic acids is 1. The quantitative estimate of drug-likeness (QED) is 0.780. The highest BCUT2D eigenvalue weighted by atomic mass is 79.9. The number of rotatable bonds is 5. The normalized spacial score (nSPS) is 9.84. The van der Waals surface area contributed by atoms with Gasteiger partial charge in [-0.1, -0.05) is 0 Å². The van der Waals surface area contributed by atoms with Gasteiger partial charge in [-0.05, 0) is 35.0 Å². The molecule has 102 valence electrons. The molecule has 1 rings (SSSR count). The van der Waals surface area contributed by atoms with Crippen LogP contribution in [0, 0.1) is 17.1 Å². The van der Waals surface area contributed by atoms with Crippen LogP contribution in [-0.2, 0) is 9.53 Å². The third kappa shape index (κ3) is 3.67. The van der Waals surface area contributed by atoms with Crippen LogP contribution < -0.4 is 4.90 Å². The van der Waals surface area contributed by atoms with Gasteiger partial charge in [0.2, 0.25) is 0 Å². The van der Waals surface area contributed by atoms with Gasteiger partial charge in [-0.15, -0.1) is 0 Å². The molecule has 4 nitrogen and oxygen atoms in total. The fraction of sp³-hybridized carbons (Fsp3) is 0.385. The molecule has 0 saturated heterocycles. The number of hydrogen-bond acceptors (Lipinski definition) is 4. The first-order valence-electron chi connectivity index (χ1n) is 5.75. The molecule has 0 aromatic heterocycles. The molecule has 1 aromatic rings. The highest BCUT2D eigenvalue weighted by molar-refractivity contribution is 9.10. The Kier molecular flexibility index (Phi) is 5.77. The Labute approximate surface area is 119 Å². The highest BCUT2D eigenvalue weighted by Crippen LogP contribution is 2.29. The van der Waals surface area contributed by atoms with E-state index in [2.05, 4.69) is 20.7 Å². The molecule has 0 unspecified atom stereocenters. The van der Waals surface area contributed by atoms with Gasteiger partial charge in [0.25, 0.3) is 0 Å². The lowest BCUT2D eigenvalue weighted by Crippen LogP contribution is -2.27. The second kappa shape index (κ2) is 7.10. The number of esters is 1. The molecule has 0 bridgehead atoms. The predicted molar refractivity (Wildman–Crippen MR) is 73.3 cm³/mol.